The summed E-state index contributed by atoms with van der Waals surface area (Å²) in [5.41, 5.74) is 0.542. The van der Waals surface area contributed by atoms with Crippen molar-refractivity contribution in [1.29, 1.82) is 0 Å². The van der Waals surface area contributed by atoms with Crippen LogP contribution in [0.25, 0.3) is 0 Å². The van der Waals surface area contributed by atoms with E-state index in [-0.39, 0.29) is 0 Å². The van der Waals surface area contributed by atoms with E-state index in [0.717, 1.165) is 18.9 Å². The van der Waals surface area contributed by atoms with Crippen molar-refractivity contribution in [3.05, 3.63) is 17.5 Å². The van der Waals surface area contributed by atoms with E-state index in [1.165, 1.54) is 44.9 Å². The fraction of sp³-hybridized carbons (Fsp3) is 0.714. The van der Waals surface area contributed by atoms with Gasteiger partial charge in [0, 0.05) is 13.1 Å². The van der Waals surface area contributed by atoms with E-state index in [4.69, 9.17) is 11.6 Å². The minimum atomic E-state index is 0.495. The fourth-order valence-electron chi connectivity index (χ4n) is 3.50. The molecule has 3 nitrogen and oxygen atoms in total. The summed E-state index contributed by atoms with van der Waals surface area (Å²) in [6, 6.07) is 0. The van der Waals surface area contributed by atoms with Gasteiger partial charge in [0.25, 0.3) is 0 Å². The Morgan fingerprint density at radius 1 is 1.06 bits per heavy atom. The lowest BCUT2D eigenvalue weighted by molar-refractivity contribution is 0.280. The molecule has 0 radical (unpaired) electrons. The Kier molecular flexibility index (Phi) is 3.42. The third kappa shape index (κ3) is 2.46. The Bertz CT molecular complexity index is 413. The zero-order valence-electron chi connectivity index (χ0n) is 10.7. The Morgan fingerprint density at radius 3 is 2.56 bits per heavy atom. The van der Waals surface area contributed by atoms with Crippen molar-refractivity contribution in [3.63, 3.8) is 0 Å². The van der Waals surface area contributed by atoms with Gasteiger partial charge in [-0.15, -0.1) is 0 Å². The molecule has 1 saturated carbocycles. The molecule has 18 heavy (non-hydrogen) atoms. The van der Waals surface area contributed by atoms with Gasteiger partial charge in [0.05, 0.1) is 12.4 Å². The number of nitrogens with zero attached hydrogens (tertiary/aromatic N) is 3. The molecule has 1 saturated heterocycles. The fourth-order valence-corrected chi connectivity index (χ4v) is 3.65. The molecular formula is C14H20ClN3. The smallest absolute Gasteiger partial charge is 0.149 e. The molecule has 1 aliphatic heterocycles. The van der Waals surface area contributed by atoms with Crippen molar-refractivity contribution in [2.24, 2.45) is 5.41 Å². The molecule has 1 aromatic heterocycles. The zero-order valence-corrected chi connectivity index (χ0v) is 11.5. The Balaban J connectivity index is 1.74. The second kappa shape index (κ2) is 5.04. The van der Waals surface area contributed by atoms with Crippen molar-refractivity contribution in [2.75, 3.05) is 18.0 Å². The lowest BCUT2D eigenvalue weighted by Gasteiger charge is -2.28. The summed E-state index contributed by atoms with van der Waals surface area (Å²) in [6.45, 7) is 2.25. The largest absolute Gasteiger partial charge is 0.355 e. The summed E-state index contributed by atoms with van der Waals surface area (Å²) in [4.78, 5) is 10.9. The average Bonchev–Trinajstić information content (AvgIpc) is 2.64. The molecule has 0 aromatic carbocycles. The van der Waals surface area contributed by atoms with Crippen LogP contribution in [0, 0.1) is 5.41 Å². The second-order valence-electron chi connectivity index (χ2n) is 5.79. The molecule has 98 valence electrons. The quantitative estimate of drug-likeness (QED) is 0.776. The summed E-state index contributed by atoms with van der Waals surface area (Å²) in [6.07, 6.45) is 13.1. The first-order valence-corrected chi connectivity index (χ1v) is 7.38. The molecule has 4 heteroatoms. The molecule has 0 N–H and O–H groups in total. The lowest BCUT2D eigenvalue weighted by Crippen LogP contribution is -2.27. The van der Waals surface area contributed by atoms with E-state index in [2.05, 4.69) is 14.9 Å². The SMILES string of the molecule is Clc1cncc(N2CCC3(CCCCCC3)C2)n1. The number of halogens is 1. The lowest BCUT2D eigenvalue weighted by atomic mass is 9.80. The van der Waals surface area contributed by atoms with Gasteiger partial charge in [0.2, 0.25) is 0 Å². The van der Waals surface area contributed by atoms with E-state index in [1.54, 1.807) is 6.20 Å². The number of aromatic nitrogens is 2. The van der Waals surface area contributed by atoms with Gasteiger partial charge in [-0.05, 0) is 24.7 Å². The van der Waals surface area contributed by atoms with Gasteiger partial charge in [-0.2, -0.15) is 0 Å². The number of anilines is 1. The minimum Gasteiger partial charge on any atom is -0.355 e. The predicted molar refractivity (Wildman–Crippen MR) is 74.0 cm³/mol. The highest BCUT2D eigenvalue weighted by atomic mass is 35.5. The van der Waals surface area contributed by atoms with Crippen LogP contribution in [-0.4, -0.2) is 23.1 Å². The molecule has 0 atom stereocenters. The molecule has 1 spiro atoms. The first kappa shape index (κ1) is 12.2. The van der Waals surface area contributed by atoms with Crippen molar-refractivity contribution in [1.82, 2.24) is 9.97 Å². The highest BCUT2D eigenvalue weighted by Crippen LogP contribution is 2.43. The molecule has 1 aromatic rings. The predicted octanol–water partition coefficient (Wildman–Crippen LogP) is 3.68. The summed E-state index contributed by atoms with van der Waals surface area (Å²) in [5, 5.41) is 0.495. The number of hydrogen-bond donors (Lipinski definition) is 0. The van der Waals surface area contributed by atoms with E-state index in [1.807, 2.05) is 6.20 Å². The van der Waals surface area contributed by atoms with E-state index in [9.17, 15) is 0 Å². The van der Waals surface area contributed by atoms with Crippen LogP contribution in [-0.2, 0) is 0 Å². The standard InChI is InChI=1S/C14H20ClN3/c15-12-9-16-10-13(17-12)18-8-7-14(11-18)5-3-1-2-4-6-14/h9-10H,1-8,11H2. The van der Waals surface area contributed by atoms with Crippen molar-refractivity contribution < 1.29 is 0 Å². The first-order valence-electron chi connectivity index (χ1n) is 7.00. The normalized spacial score (nSPS) is 23.3. The van der Waals surface area contributed by atoms with Gasteiger partial charge in [0.1, 0.15) is 11.0 Å². The second-order valence-corrected chi connectivity index (χ2v) is 6.17. The Labute approximate surface area is 114 Å². The maximum absolute atomic E-state index is 5.93. The van der Waals surface area contributed by atoms with Gasteiger partial charge in [-0.25, -0.2) is 4.98 Å². The number of rotatable bonds is 1. The van der Waals surface area contributed by atoms with Gasteiger partial charge in [0.15, 0.2) is 0 Å². The van der Waals surface area contributed by atoms with Crippen LogP contribution in [0.4, 0.5) is 5.82 Å². The van der Waals surface area contributed by atoms with Gasteiger partial charge in [-0.1, -0.05) is 37.3 Å². The maximum Gasteiger partial charge on any atom is 0.149 e. The van der Waals surface area contributed by atoms with Gasteiger partial charge < -0.3 is 4.90 Å². The highest BCUT2D eigenvalue weighted by Gasteiger charge is 2.38. The average molecular weight is 266 g/mol. The maximum atomic E-state index is 5.93. The molecule has 0 amide bonds. The molecule has 2 heterocycles. The van der Waals surface area contributed by atoms with Crippen LogP contribution in [0.5, 0.6) is 0 Å². The topological polar surface area (TPSA) is 29.0 Å². The van der Waals surface area contributed by atoms with Gasteiger partial charge >= 0.3 is 0 Å². The highest BCUT2D eigenvalue weighted by molar-refractivity contribution is 6.29. The van der Waals surface area contributed by atoms with Crippen LogP contribution >= 0.6 is 11.6 Å². The van der Waals surface area contributed by atoms with Crippen LogP contribution in [0.3, 0.4) is 0 Å². The van der Waals surface area contributed by atoms with E-state index in [0.29, 0.717) is 10.6 Å². The molecule has 0 bridgehead atoms. The van der Waals surface area contributed by atoms with E-state index < -0.39 is 0 Å². The van der Waals surface area contributed by atoms with Crippen molar-refractivity contribution in [2.45, 2.75) is 44.9 Å². The number of hydrogen-bond acceptors (Lipinski definition) is 3. The van der Waals surface area contributed by atoms with Gasteiger partial charge in [-0.3, -0.25) is 4.98 Å². The molecule has 2 fully saturated rings. The van der Waals surface area contributed by atoms with Crippen LogP contribution in [0.2, 0.25) is 5.15 Å². The zero-order chi connectivity index (χ0) is 12.4. The van der Waals surface area contributed by atoms with Crippen molar-refractivity contribution >= 4 is 17.4 Å². The molecule has 2 aliphatic rings. The first-order chi connectivity index (χ1) is 8.77. The molecule has 0 unspecified atom stereocenters. The summed E-state index contributed by atoms with van der Waals surface area (Å²) in [7, 11) is 0. The molecule has 1 aliphatic carbocycles. The third-order valence-corrected chi connectivity index (χ3v) is 4.70. The Hall–Kier alpha value is -0.830. The summed E-state index contributed by atoms with van der Waals surface area (Å²) >= 11 is 5.93. The molecular weight excluding hydrogens is 246 g/mol. The monoisotopic (exact) mass is 265 g/mol. The third-order valence-electron chi connectivity index (χ3n) is 4.52. The summed E-state index contributed by atoms with van der Waals surface area (Å²) < 4.78 is 0. The van der Waals surface area contributed by atoms with E-state index >= 15 is 0 Å². The Morgan fingerprint density at radius 2 is 1.83 bits per heavy atom. The van der Waals surface area contributed by atoms with Crippen molar-refractivity contribution in [3.8, 4) is 0 Å². The molecule has 3 rings (SSSR count). The van der Waals surface area contributed by atoms with Crippen LogP contribution < -0.4 is 4.90 Å². The minimum absolute atomic E-state index is 0.495. The van der Waals surface area contributed by atoms with Crippen LogP contribution in [0.15, 0.2) is 12.4 Å². The van der Waals surface area contributed by atoms with Crippen LogP contribution in [0.1, 0.15) is 44.9 Å². The summed E-state index contributed by atoms with van der Waals surface area (Å²) in [5.74, 6) is 0.948.